The molecule has 1 aromatic heterocycles. The number of fused-ring (bicyclic) bond motifs is 1. The molecule has 1 heterocycles. The Bertz CT molecular complexity index is 516. The van der Waals surface area contributed by atoms with E-state index in [1.54, 1.807) is 6.20 Å². The highest BCUT2D eigenvalue weighted by Crippen LogP contribution is 2.27. The van der Waals surface area contributed by atoms with Gasteiger partial charge in [-0.3, -0.25) is 0 Å². The first kappa shape index (κ1) is 12.3. The monoisotopic (exact) mass is 294 g/mol. The first-order chi connectivity index (χ1) is 8.22. The molecule has 2 N–H and O–H groups in total. The lowest BCUT2D eigenvalue weighted by atomic mass is 10.1. The van der Waals surface area contributed by atoms with Crippen molar-refractivity contribution in [3.05, 3.63) is 34.9 Å². The van der Waals surface area contributed by atoms with Crippen molar-refractivity contribution < 1.29 is 5.11 Å². The van der Waals surface area contributed by atoms with E-state index in [4.69, 9.17) is 0 Å². The quantitative estimate of drug-likeness (QED) is 0.910. The van der Waals surface area contributed by atoms with Crippen LogP contribution in [0.15, 0.2) is 34.9 Å². The highest BCUT2D eigenvalue weighted by molar-refractivity contribution is 9.10. The van der Waals surface area contributed by atoms with Gasteiger partial charge < -0.3 is 10.4 Å². The van der Waals surface area contributed by atoms with Crippen LogP contribution in [0, 0.1) is 0 Å². The molecule has 2 aromatic rings. The van der Waals surface area contributed by atoms with Crippen molar-refractivity contribution in [1.29, 1.82) is 0 Å². The van der Waals surface area contributed by atoms with Crippen molar-refractivity contribution in [2.24, 2.45) is 0 Å². The van der Waals surface area contributed by atoms with E-state index in [2.05, 4.69) is 26.2 Å². The molecule has 0 saturated carbocycles. The highest BCUT2D eigenvalue weighted by atomic mass is 79.9. The van der Waals surface area contributed by atoms with Crippen LogP contribution in [-0.4, -0.2) is 22.7 Å². The first-order valence-electron chi connectivity index (χ1n) is 5.67. The van der Waals surface area contributed by atoms with E-state index in [0.717, 1.165) is 27.5 Å². The Balaban J connectivity index is 2.31. The van der Waals surface area contributed by atoms with Crippen LogP contribution in [0.25, 0.3) is 10.8 Å². The molecule has 0 bridgehead atoms. The highest BCUT2D eigenvalue weighted by Gasteiger charge is 2.06. The molecule has 0 amide bonds. The average molecular weight is 295 g/mol. The van der Waals surface area contributed by atoms with Crippen LogP contribution >= 0.6 is 15.9 Å². The Morgan fingerprint density at radius 2 is 2.18 bits per heavy atom. The molecule has 1 unspecified atom stereocenters. The number of hydrogen-bond donors (Lipinski definition) is 2. The average Bonchev–Trinajstić information content (AvgIpc) is 2.36. The van der Waals surface area contributed by atoms with Crippen LogP contribution in [0.1, 0.15) is 13.3 Å². The summed E-state index contributed by atoms with van der Waals surface area (Å²) in [5.41, 5.74) is 0. The van der Waals surface area contributed by atoms with E-state index in [1.807, 2.05) is 31.2 Å². The molecule has 1 atom stereocenters. The fraction of sp³-hybridized carbons (Fsp3) is 0.308. The second kappa shape index (κ2) is 5.47. The molecule has 0 aliphatic carbocycles. The van der Waals surface area contributed by atoms with Crippen LogP contribution < -0.4 is 5.32 Å². The van der Waals surface area contributed by atoms with Gasteiger partial charge in [-0.25, -0.2) is 4.98 Å². The number of benzene rings is 1. The zero-order valence-electron chi connectivity index (χ0n) is 9.65. The molecular formula is C13H15BrN2O. The van der Waals surface area contributed by atoms with Crippen molar-refractivity contribution in [3.8, 4) is 0 Å². The smallest absolute Gasteiger partial charge is 0.133 e. The summed E-state index contributed by atoms with van der Waals surface area (Å²) in [5.74, 6) is 0.816. The molecule has 3 nitrogen and oxygen atoms in total. The minimum Gasteiger partial charge on any atom is -0.391 e. The van der Waals surface area contributed by atoms with Gasteiger partial charge in [-0.15, -0.1) is 0 Å². The molecule has 0 fully saturated rings. The van der Waals surface area contributed by atoms with E-state index in [9.17, 15) is 5.11 Å². The van der Waals surface area contributed by atoms with Gasteiger partial charge in [-0.1, -0.05) is 35.0 Å². The number of nitrogens with zero attached hydrogens (tertiary/aromatic N) is 1. The second-order valence-electron chi connectivity index (χ2n) is 3.94. The van der Waals surface area contributed by atoms with Gasteiger partial charge in [0.25, 0.3) is 0 Å². The molecule has 0 aliphatic heterocycles. The summed E-state index contributed by atoms with van der Waals surface area (Å²) in [6, 6.07) is 7.98. The summed E-state index contributed by atoms with van der Waals surface area (Å²) >= 11 is 3.52. The Hall–Kier alpha value is -1.13. The summed E-state index contributed by atoms with van der Waals surface area (Å²) in [6.07, 6.45) is 2.18. The van der Waals surface area contributed by atoms with Crippen molar-refractivity contribution in [2.45, 2.75) is 19.4 Å². The lowest BCUT2D eigenvalue weighted by Gasteiger charge is -2.12. The maximum absolute atomic E-state index is 9.55. The van der Waals surface area contributed by atoms with Crippen LogP contribution in [0.3, 0.4) is 0 Å². The molecule has 0 saturated heterocycles. The Morgan fingerprint density at radius 3 is 2.94 bits per heavy atom. The number of aliphatic hydroxyl groups is 1. The van der Waals surface area contributed by atoms with Crippen molar-refractivity contribution in [2.75, 3.05) is 11.9 Å². The van der Waals surface area contributed by atoms with Crippen molar-refractivity contribution in [3.63, 3.8) is 0 Å². The van der Waals surface area contributed by atoms with Crippen LogP contribution in [0.5, 0.6) is 0 Å². The normalized spacial score (nSPS) is 12.6. The molecule has 90 valence electrons. The third kappa shape index (κ3) is 2.76. The SMILES string of the molecule is CCC(O)CNc1nccc2c(Br)cccc12. The van der Waals surface area contributed by atoms with Crippen molar-refractivity contribution >= 4 is 32.5 Å². The fourth-order valence-corrected chi connectivity index (χ4v) is 2.17. The van der Waals surface area contributed by atoms with Gasteiger partial charge in [0.1, 0.15) is 5.82 Å². The minimum absolute atomic E-state index is 0.334. The summed E-state index contributed by atoms with van der Waals surface area (Å²) in [6.45, 7) is 2.48. The topological polar surface area (TPSA) is 45.1 Å². The molecule has 1 aromatic carbocycles. The minimum atomic E-state index is -0.334. The molecule has 4 heteroatoms. The predicted octanol–water partition coefficient (Wildman–Crippen LogP) is 3.18. The third-order valence-electron chi connectivity index (χ3n) is 2.73. The number of aromatic nitrogens is 1. The van der Waals surface area contributed by atoms with Gasteiger partial charge >= 0.3 is 0 Å². The number of nitrogens with one attached hydrogen (secondary N) is 1. The predicted molar refractivity (Wildman–Crippen MR) is 74.2 cm³/mol. The lowest BCUT2D eigenvalue weighted by Crippen LogP contribution is -2.18. The Labute approximate surface area is 109 Å². The van der Waals surface area contributed by atoms with Crippen LogP contribution in [-0.2, 0) is 0 Å². The lowest BCUT2D eigenvalue weighted by molar-refractivity contribution is 0.183. The van der Waals surface area contributed by atoms with E-state index in [1.165, 1.54) is 0 Å². The zero-order valence-corrected chi connectivity index (χ0v) is 11.2. The number of aliphatic hydroxyl groups excluding tert-OH is 1. The largest absolute Gasteiger partial charge is 0.391 e. The van der Waals surface area contributed by atoms with Gasteiger partial charge in [0, 0.05) is 28.0 Å². The van der Waals surface area contributed by atoms with E-state index < -0.39 is 0 Å². The molecule has 0 spiro atoms. The Morgan fingerprint density at radius 1 is 1.35 bits per heavy atom. The molecular weight excluding hydrogens is 280 g/mol. The van der Waals surface area contributed by atoms with Crippen LogP contribution in [0.2, 0.25) is 0 Å². The van der Waals surface area contributed by atoms with Gasteiger partial charge in [0.15, 0.2) is 0 Å². The summed E-state index contributed by atoms with van der Waals surface area (Å²) in [4.78, 5) is 4.31. The molecule has 0 aliphatic rings. The van der Waals surface area contributed by atoms with Crippen LogP contribution in [0.4, 0.5) is 5.82 Å². The third-order valence-corrected chi connectivity index (χ3v) is 3.42. The summed E-state index contributed by atoms with van der Waals surface area (Å²) in [5, 5.41) is 14.9. The Kier molecular flexibility index (Phi) is 3.97. The summed E-state index contributed by atoms with van der Waals surface area (Å²) < 4.78 is 1.05. The van der Waals surface area contributed by atoms with E-state index in [0.29, 0.717) is 6.54 Å². The van der Waals surface area contributed by atoms with E-state index >= 15 is 0 Å². The zero-order chi connectivity index (χ0) is 12.3. The maximum atomic E-state index is 9.55. The second-order valence-corrected chi connectivity index (χ2v) is 4.79. The standard InChI is InChI=1S/C13H15BrN2O/c1-2-9(17)8-16-13-11-4-3-5-12(14)10(11)6-7-15-13/h3-7,9,17H,2,8H2,1H3,(H,15,16). The molecule has 17 heavy (non-hydrogen) atoms. The van der Waals surface area contributed by atoms with Gasteiger partial charge in [-0.05, 0) is 18.6 Å². The van der Waals surface area contributed by atoms with E-state index in [-0.39, 0.29) is 6.10 Å². The van der Waals surface area contributed by atoms with Gasteiger partial charge in [0.05, 0.1) is 6.10 Å². The maximum Gasteiger partial charge on any atom is 0.133 e. The van der Waals surface area contributed by atoms with Crippen molar-refractivity contribution in [1.82, 2.24) is 4.98 Å². The number of hydrogen-bond acceptors (Lipinski definition) is 3. The molecule has 0 radical (unpaired) electrons. The fourth-order valence-electron chi connectivity index (χ4n) is 1.67. The number of halogens is 1. The first-order valence-corrected chi connectivity index (χ1v) is 6.47. The summed E-state index contributed by atoms with van der Waals surface area (Å²) in [7, 11) is 0. The number of pyridine rings is 1. The van der Waals surface area contributed by atoms with Gasteiger partial charge in [-0.2, -0.15) is 0 Å². The number of anilines is 1. The van der Waals surface area contributed by atoms with Gasteiger partial charge in [0.2, 0.25) is 0 Å². The molecule has 2 rings (SSSR count). The number of rotatable bonds is 4.